The minimum atomic E-state index is -1.02. The van der Waals surface area contributed by atoms with Crippen LogP contribution in [0.5, 0.6) is 0 Å². The third-order valence-electron chi connectivity index (χ3n) is 4.26. The Morgan fingerprint density at radius 2 is 2.05 bits per heavy atom. The number of methoxy groups -OCH3 is 1. The summed E-state index contributed by atoms with van der Waals surface area (Å²) in [6.45, 7) is 1.02. The highest BCUT2D eigenvalue weighted by atomic mass is 16.5. The minimum absolute atomic E-state index is 0.0200. The van der Waals surface area contributed by atoms with Crippen LogP contribution in [0.2, 0.25) is 0 Å². The van der Waals surface area contributed by atoms with Crippen LogP contribution >= 0.6 is 0 Å². The van der Waals surface area contributed by atoms with Crippen LogP contribution in [-0.4, -0.2) is 67.9 Å². The summed E-state index contributed by atoms with van der Waals surface area (Å²) < 4.78 is 4.89. The SMILES string of the molecule is COCCCC(NC(=O)NCC1(N(C)C)CCC1)C(=O)O. The highest BCUT2D eigenvalue weighted by Crippen LogP contribution is 2.35. The summed E-state index contributed by atoms with van der Waals surface area (Å²) in [5, 5.41) is 14.4. The number of carbonyl (C=O) groups excluding carboxylic acids is 1. The van der Waals surface area contributed by atoms with Gasteiger partial charge < -0.3 is 25.4 Å². The molecule has 1 aliphatic rings. The van der Waals surface area contributed by atoms with Crippen molar-refractivity contribution in [3.8, 4) is 0 Å². The highest BCUT2D eigenvalue weighted by Gasteiger charge is 2.39. The zero-order valence-corrected chi connectivity index (χ0v) is 13.1. The predicted octanol–water partition coefficient (Wildman–Crippen LogP) is 0.650. The normalized spacial score (nSPS) is 17.9. The van der Waals surface area contributed by atoms with Gasteiger partial charge in [-0.2, -0.15) is 0 Å². The summed E-state index contributed by atoms with van der Waals surface area (Å²) in [5.41, 5.74) is 0.0200. The van der Waals surface area contributed by atoms with E-state index in [2.05, 4.69) is 15.5 Å². The molecule has 7 nitrogen and oxygen atoms in total. The lowest BCUT2D eigenvalue weighted by atomic mass is 9.75. The van der Waals surface area contributed by atoms with Crippen LogP contribution in [-0.2, 0) is 9.53 Å². The van der Waals surface area contributed by atoms with E-state index in [0.29, 0.717) is 26.0 Å². The van der Waals surface area contributed by atoms with E-state index in [-0.39, 0.29) is 5.54 Å². The molecule has 1 unspecified atom stereocenters. The van der Waals surface area contributed by atoms with Gasteiger partial charge >= 0.3 is 12.0 Å². The Morgan fingerprint density at radius 1 is 1.38 bits per heavy atom. The Morgan fingerprint density at radius 3 is 2.48 bits per heavy atom. The van der Waals surface area contributed by atoms with Crippen molar-refractivity contribution in [2.75, 3.05) is 34.4 Å². The Kier molecular flexibility index (Phi) is 6.91. The van der Waals surface area contributed by atoms with Gasteiger partial charge in [0.15, 0.2) is 0 Å². The number of nitrogens with one attached hydrogen (secondary N) is 2. The second-order valence-electron chi connectivity index (χ2n) is 5.83. The lowest BCUT2D eigenvalue weighted by Crippen LogP contribution is -2.59. The summed E-state index contributed by atoms with van der Waals surface area (Å²) in [6, 6.07) is -1.30. The van der Waals surface area contributed by atoms with Gasteiger partial charge in [-0.05, 0) is 46.2 Å². The first-order valence-electron chi connectivity index (χ1n) is 7.35. The largest absolute Gasteiger partial charge is 0.480 e. The van der Waals surface area contributed by atoms with Gasteiger partial charge in [0.2, 0.25) is 0 Å². The number of rotatable bonds is 9. The maximum Gasteiger partial charge on any atom is 0.326 e. The summed E-state index contributed by atoms with van der Waals surface area (Å²) in [6.07, 6.45) is 4.22. The van der Waals surface area contributed by atoms with Gasteiger partial charge in [0.05, 0.1) is 0 Å². The number of likely N-dealkylation sites (N-methyl/N-ethyl adjacent to an activating group) is 1. The molecule has 0 aliphatic heterocycles. The summed E-state index contributed by atoms with van der Waals surface area (Å²) in [7, 11) is 5.57. The Labute approximate surface area is 126 Å². The lowest BCUT2D eigenvalue weighted by molar-refractivity contribution is -0.139. The van der Waals surface area contributed by atoms with E-state index in [4.69, 9.17) is 9.84 Å². The predicted molar refractivity (Wildman–Crippen MR) is 79.3 cm³/mol. The number of carbonyl (C=O) groups is 2. The lowest BCUT2D eigenvalue weighted by Gasteiger charge is -2.47. The molecule has 1 saturated carbocycles. The maximum atomic E-state index is 11.9. The fourth-order valence-corrected chi connectivity index (χ4v) is 2.51. The van der Waals surface area contributed by atoms with E-state index in [1.54, 1.807) is 7.11 Å². The molecule has 0 heterocycles. The molecule has 2 amide bonds. The van der Waals surface area contributed by atoms with Crippen molar-refractivity contribution in [1.29, 1.82) is 0 Å². The molecule has 1 atom stereocenters. The minimum Gasteiger partial charge on any atom is -0.480 e. The van der Waals surface area contributed by atoms with Crippen LogP contribution in [0.1, 0.15) is 32.1 Å². The standard InChI is InChI=1S/C14H27N3O4/c1-17(2)14(7-5-8-14)10-15-13(20)16-11(12(18)19)6-4-9-21-3/h11H,4-10H2,1-3H3,(H,18,19)(H2,15,16,20). The van der Waals surface area contributed by atoms with E-state index < -0.39 is 18.0 Å². The molecule has 21 heavy (non-hydrogen) atoms. The number of carboxylic acids is 1. The zero-order chi connectivity index (χ0) is 15.9. The van der Waals surface area contributed by atoms with Crippen molar-refractivity contribution < 1.29 is 19.4 Å². The molecule has 7 heteroatoms. The molecule has 0 aromatic carbocycles. The van der Waals surface area contributed by atoms with Crippen molar-refractivity contribution >= 4 is 12.0 Å². The van der Waals surface area contributed by atoms with Crippen LogP contribution in [0.15, 0.2) is 0 Å². The number of ether oxygens (including phenoxy) is 1. The number of nitrogens with zero attached hydrogens (tertiary/aromatic N) is 1. The first kappa shape index (κ1) is 17.7. The van der Waals surface area contributed by atoms with Crippen molar-refractivity contribution in [2.24, 2.45) is 0 Å². The molecule has 0 aromatic heterocycles. The smallest absolute Gasteiger partial charge is 0.326 e. The molecule has 0 bridgehead atoms. The number of amides is 2. The number of hydrogen-bond donors (Lipinski definition) is 3. The molecule has 0 aromatic rings. The van der Waals surface area contributed by atoms with Gasteiger partial charge in [0.25, 0.3) is 0 Å². The summed E-state index contributed by atoms with van der Waals surface area (Å²) in [4.78, 5) is 25.1. The molecule has 3 N–H and O–H groups in total. The van der Waals surface area contributed by atoms with Gasteiger partial charge in [-0.3, -0.25) is 0 Å². The quantitative estimate of drug-likeness (QED) is 0.544. The van der Waals surface area contributed by atoms with Crippen LogP contribution < -0.4 is 10.6 Å². The topological polar surface area (TPSA) is 90.9 Å². The van der Waals surface area contributed by atoms with Gasteiger partial charge in [0, 0.05) is 25.8 Å². The number of carboxylic acid groups (broad SMARTS) is 1. The molecule has 0 saturated heterocycles. The molecule has 0 radical (unpaired) electrons. The second kappa shape index (κ2) is 8.19. The molecule has 122 valence electrons. The van der Waals surface area contributed by atoms with E-state index >= 15 is 0 Å². The van der Waals surface area contributed by atoms with Crippen LogP contribution in [0.3, 0.4) is 0 Å². The van der Waals surface area contributed by atoms with Gasteiger partial charge in [-0.1, -0.05) is 0 Å². The van der Waals surface area contributed by atoms with Crippen molar-refractivity contribution in [2.45, 2.75) is 43.7 Å². The molecular formula is C14H27N3O4. The zero-order valence-electron chi connectivity index (χ0n) is 13.1. The van der Waals surface area contributed by atoms with E-state index in [0.717, 1.165) is 19.3 Å². The number of hydrogen-bond acceptors (Lipinski definition) is 4. The monoisotopic (exact) mass is 301 g/mol. The van der Waals surface area contributed by atoms with Gasteiger partial charge in [-0.15, -0.1) is 0 Å². The highest BCUT2D eigenvalue weighted by molar-refractivity contribution is 5.82. The van der Waals surface area contributed by atoms with E-state index in [9.17, 15) is 9.59 Å². The first-order valence-corrected chi connectivity index (χ1v) is 7.35. The van der Waals surface area contributed by atoms with Gasteiger partial charge in [0.1, 0.15) is 6.04 Å². The van der Waals surface area contributed by atoms with E-state index in [1.165, 1.54) is 0 Å². The first-order chi connectivity index (χ1) is 9.91. The van der Waals surface area contributed by atoms with Crippen molar-refractivity contribution in [3.63, 3.8) is 0 Å². The van der Waals surface area contributed by atoms with Crippen LogP contribution in [0.4, 0.5) is 4.79 Å². The summed E-state index contributed by atoms with van der Waals surface area (Å²) in [5.74, 6) is -1.02. The number of aliphatic carboxylic acids is 1. The fourth-order valence-electron chi connectivity index (χ4n) is 2.51. The van der Waals surface area contributed by atoms with E-state index in [1.807, 2.05) is 14.1 Å². The molecule has 1 aliphatic carbocycles. The third-order valence-corrected chi connectivity index (χ3v) is 4.26. The van der Waals surface area contributed by atoms with Gasteiger partial charge in [-0.25, -0.2) is 9.59 Å². The van der Waals surface area contributed by atoms with Crippen molar-refractivity contribution in [3.05, 3.63) is 0 Å². The maximum absolute atomic E-state index is 11.9. The fraction of sp³-hybridized carbons (Fsp3) is 0.857. The molecule has 0 spiro atoms. The average Bonchev–Trinajstić information content (AvgIpc) is 2.35. The van der Waals surface area contributed by atoms with Crippen LogP contribution in [0.25, 0.3) is 0 Å². The Balaban J connectivity index is 2.38. The Hall–Kier alpha value is -1.34. The summed E-state index contributed by atoms with van der Waals surface area (Å²) >= 11 is 0. The number of urea groups is 1. The third kappa shape index (κ3) is 5.17. The Bertz CT molecular complexity index is 356. The molecular weight excluding hydrogens is 274 g/mol. The van der Waals surface area contributed by atoms with Crippen molar-refractivity contribution in [1.82, 2.24) is 15.5 Å². The van der Waals surface area contributed by atoms with Crippen LogP contribution in [0, 0.1) is 0 Å². The molecule has 1 fully saturated rings. The average molecular weight is 301 g/mol. The molecule has 1 rings (SSSR count). The second-order valence-corrected chi connectivity index (χ2v) is 5.83.